The van der Waals surface area contributed by atoms with Crippen LogP contribution in [0.1, 0.15) is 13.8 Å². The summed E-state index contributed by atoms with van der Waals surface area (Å²) in [6, 6.07) is 1.28. The number of nitrogens with zero attached hydrogens (tertiary/aromatic N) is 2. The lowest BCUT2D eigenvalue weighted by Crippen LogP contribution is -2.41. The Balaban J connectivity index is 2.91. The van der Waals surface area contributed by atoms with E-state index in [0.29, 0.717) is 0 Å². The van der Waals surface area contributed by atoms with E-state index in [1.54, 1.807) is 0 Å². The lowest BCUT2D eigenvalue weighted by atomic mass is 10.4. The second-order valence-electron chi connectivity index (χ2n) is 3.85. The fourth-order valence-electron chi connectivity index (χ4n) is 1.26. The average molecular weight is 225 g/mol. The fraction of sp³-hybridized carbons (Fsp3) is 0.500. The largest absolute Gasteiger partial charge is 0.352 e. The number of hydrogen-bond donors (Lipinski definition) is 1. The number of carbonyl (C=O) groups is 1. The van der Waals surface area contributed by atoms with Crippen LogP contribution in [0.25, 0.3) is 0 Å². The van der Waals surface area contributed by atoms with Crippen LogP contribution < -0.4 is 16.6 Å². The molecule has 0 aromatic carbocycles. The highest BCUT2D eigenvalue weighted by Crippen LogP contribution is 1.82. The maximum absolute atomic E-state index is 11.6. The Kier molecular flexibility index (Phi) is 3.65. The molecule has 0 saturated heterocycles. The summed E-state index contributed by atoms with van der Waals surface area (Å²) in [6.45, 7) is 3.59. The van der Waals surface area contributed by atoms with Gasteiger partial charge in [-0.3, -0.25) is 18.7 Å². The molecule has 1 rings (SSSR count). The molecular formula is C10H15N3O3. The zero-order valence-electron chi connectivity index (χ0n) is 9.56. The van der Waals surface area contributed by atoms with Gasteiger partial charge in [0.05, 0.1) is 0 Å². The summed E-state index contributed by atoms with van der Waals surface area (Å²) in [6.07, 6.45) is 1.32. The molecule has 0 atom stereocenters. The Hall–Kier alpha value is -1.85. The summed E-state index contributed by atoms with van der Waals surface area (Å²) < 4.78 is 2.15. The van der Waals surface area contributed by atoms with E-state index in [1.165, 1.54) is 23.9 Å². The summed E-state index contributed by atoms with van der Waals surface area (Å²) in [5.74, 6) is -0.254. The van der Waals surface area contributed by atoms with Crippen molar-refractivity contribution in [1.82, 2.24) is 14.5 Å². The molecule has 0 radical (unpaired) electrons. The maximum Gasteiger partial charge on any atom is 0.331 e. The third-order valence-corrected chi connectivity index (χ3v) is 2.02. The molecule has 1 heterocycles. The molecule has 1 aromatic rings. The molecular weight excluding hydrogens is 210 g/mol. The predicted molar refractivity (Wildman–Crippen MR) is 59.2 cm³/mol. The minimum atomic E-state index is -0.494. The molecule has 16 heavy (non-hydrogen) atoms. The second-order valence-corrected chi connectivity index (χ2v) is 3.85. The molecule has 1 amide bonds. The van der Waals surface area contributed by atoms with Gasteiger partial charge in [-0.15, -0.1) is 0 Å². The molecule has 0 spiro atoms. The van der Waals surface area contributed by atoms with Crippen LogP contribution in [0.3, 0.4) is 0 Å². The predicted octanol–water partition coefficient (Wildman–Crippen LogP) is -0.928. The highest BCUT2D eigenvalue weighted by molar-refractivity contribution is 5.75. The first-order chi connectivity index (χ1) is 7.41. The zero-order chi connectivity index (χ0) is 12.3. The molecule has 0 aliphatic rings. The van der Waals surface area contributed by atoms with Gasteiger partial charge in [-0.2, -0.15) is 0 Å². The van der Waals surface area contributed by atoms with Gasteiger partial charge in [0.1, 0.15) is 6.54 Å². The topological polar surface area (TPSA) is 73.1 Å². The first-order valence-corrected chi connectivity index (χ1v) is 4.97. The van der Waals surface area contributed by atoms with Crippen molar-refractivity contribution in [2.24, 2.45) is 7.05 Å². The molecule has 0 aliphatic carbocycles. The Morgan fingerprint density at radius 3 is 2.62 bits per heavy atom. The SMILES string of the molecule is CC(C)NC(=O)Cn1ccc(=O)n(C)c1=O. The first kappa shape index (κ1) is 12.2. The van der Waals surface area contributed by atoms with E-state index < -0.39 is 5.69 Å². The van der Waals surface area contributed by atoms with E-state index in [9.17, 15) is 14.4 Å². The van der Waals surface area contributed by atoms with Crippen molar-refractivity contribution in [3.63, 3.8) is 0 Å². The Bertz CT molecular complexity index is 499. The number of amides is 1. The molecule has 88 valence electrons. The van der Waals surface area contributed by atoms with Crippen LogP contribution in [-0.2, 0) is 18.4 Å². The lowest BCUT2D eigenvalue weighted by Gasteiger charge is -2.10. The minimum Gasteiger partial charge on any atom is -0.352 e. The van der Waals surface area contributed by atoms with Crippen LogP contribution >= 0.6 is 0 Å². The molecule has 0 bridgehead atoms. The van der Waals surface area contributed by atoms with Crippen LogP contribution in [0, 0.1) is 0 Å². The normalized spacial score (nSPS) is 10.5. The van der Waals surface area contributed by atoms with Crippen molar-refractivity contribution >= 4 is 5.91 Å². The molecule has 0 saturated carbocycles. The van der Waals surface area contributed by atoms with E-state index in [2.05, 4.69) is 5.32 Å². The Morgan fingerprint density at radius 2 is 2.06 bits per heavy atom. The van der Waals surface area contributed by atoms with Gasteiger partial charge in [-0.1, -0.05) is 0 Å². The summed E-state index contributed by atoms with van der Waals surface area (Å²) in [4.78, 5) is 34.1. The number of carbonyl (C=O) groups excluding carboxylic acids is 1. The average Bonchev–Trinajstić information content (AvgIpc) is 2.18. The van der Waals surface area contributed by atoms with E-state index in [1.807, 2.05) is 13.8 Å². The van der Waals surface area contributed by atoms with Gasteiger partial charge in [-0.05, 0) is 13.8 Å². The van der Waals surface area contributed by atoms with Gasteiger partial charge in [0.25, 0.3) is 5.56 Å². The smallest absolute Gasteiger partial charge is 0.331 e. The summed E-state index contributed by atoms with van der Waals surface area (Å²) in [5, 5.41) is 2.67. The number of aromatic nitrogens is 2. The van der Waals surface area contributed by atoms with Crippen molar-refractivity contribution in [3.05, 3.63) is 33.1 Å². The Morgan fingerprint density at radius 1 is 1.44 bits per heavy atom. The first-order valence-electron chi connectivity index (χ1n) is 4.97. The number of nitrogens with one attached hydrogen (secondary N) is 1. The maximum atomic E-state index is 11.6. The molecule has 1 N–H and O–H groups in total. The van der Waals surface area contributed by atoms with E-state index >= 15 is 0 Å². The zero-order valence-corrected chi connectivity index (χ0v) is 9.56. The highest BCUT2D eigenvalue weighted by Gasteiger charge is 2.07. The monoisotopic (exact) mass is 225 g/mol. The van der Waals surface area contributed by atoms with Crippen LogP contribution in [0.15, 0.2) is 21.9 Å². The number of rotatable bonds is 3. The van der Waals surface area contributed by atoms with Gasteiger partial charge in [0.2, 0.25) is 5.91 Å². The highest BCUT2D eigenvalue weighted by atomic mass is 16.2. The van der Waals surface area contributed by atoms with Gasteiger partial charge in [0, 0.05) is 25.4 Å². The molecule has 1 aromatic heterocycles. The summed E-state index contributed by atoms with van der Waals surface area (Å²) in [5.41, 5.74) is -0.878. The molecule has 0 unspecified atom stereocenters. The molecule has 0 aliphatic heterocycles. The van der Waals surface area contributed by atoms with Crippen molar-refractivity contribution in [2.45, 2.75) is 26.4 Å². The van der Waals surface area contributed by atoms with Crippen LogP contribution in [-0.4, -0.2) is 21.1 Å². The van der Waals surface area contributed by atoms with Gasteiger partial charge in [-0.25, -0.2) is 4.79 Å². The van der Waals surface area contributed by atoms with E-state index in [-0.39, 0.29) is 24.1 Å². The van der Waals surface area contributed by atoms with Crippen molar-refractivity contribution < 1.29 is 4.79 Å². The third kappa shape index (κ3) is 2.82. The van der Waals surface area contributed by atoms with Crippen LogP contribution in [0.2, 0.25) is 0 Å². The van der Waals surface area contributed by atoms with E-state index in [0.717, 1.165) is 4.57 Å². The third-order valence-electron chi connectivity index (χ3n) is 2.02. The standard InChI is InChI=1S/C10H15N3O3/c1-7(2)11-8(14)6-13-5-4-9(15)12(3)10(13)16/h4-5,7H,6H2,1-3H3,(H,11,14). The number of hydrogen-bond acceptors (Lipinski definition) is 3. The van der Waals surface area contributed by atoms with Crippen molar-refractivity contribution in [1.29, 1.82) is 0 Å². The van der Waals surface area contributed by atoms with Crippen molar-refractivity contribution in [2.75, 3.05) is 0 Å². The van der Waals surface area contributed by atoms with E-state index in [4.69, 9.17) is 0 Å². The second kappa shape index (κ2) is 4.78. The lowest BCUT2D eigenvalue weighted by molar-refractivity contribution is -0.122. The summed E-state index contributed by atoms with van der Waals surface area (Å²) >= 11 is 0. The van der Waals surface area contributed by atoms with Gasteiger partial charge in [0.15, 0.2) is 0 Å². The Labute approximate surface area is 92.5 Å². The van der Waals surface area contributed by atoms with Crippen LogP contribution in [0.5, 0.6) is 0 Å². The van der Waals surface area contributed by atoms with Crippen molar-refractivity contribution in [3.8, 4) is 0 Å². The fourth-order valence-corrected chi connectivity index (χ4v) is 1.26. The van der Waals surface area contributed by atoms with Gasteiger partial charge >= 0.3 is 5.69 Å². The molecule has 6 heteroatoms. The summed E-state index contributed by atoms with van der Waals surface area (Å²) in [7, 11) is 1.38. The minimum absolute atomic E-state index is 0.0238. The van der Waals surface area contributed by atoms with Crippen LogP contribution in [0.4, 0.5) is 0 Å². The van der Waals surface area contributed by atoms with Gasteiger partial charge < -0.3 is 5.32 Å². The molecule has 0 fully saturated rings. The quantitative estimate of drug-likeness (QED) is 0.722. The molecule has 6 nitrogen and oxygen atoms in total.